The number of imidazole rings is 1. The lowest BCUT2D eigenvalue weighted by atomic mass is 10.2. The van der Waals surface area contributed by atoms with Crippen LogP contribution in [0.25, 0.3) is 16.9 Å². The lowest BCUT2D eigenvalue weighted by molar-refractivity contribution is -0.0394. The molecule has 0 radical (unpaired) electrons. The van der Waals surface area contributed by atoms with Crippen LogP contribution in [0.1, 0.15) is 64.6 Å². The number of ether oxygens (including phenoxy) is 2. The molecule has 0 aliphatic carbocycles. The summed E-state index contributed by atoms with van der Waals surface area (Å²) in [6.45, 7) is 6.35. The molecule has 0 saturated carbocycles. The van der Waals surface area contributed by atoms with Crippen LogP contribution in [0.2, 0.25) is 0 Å². The molecule has 0 N–H and O–H groups in total. The van der Waals surface area contributed by atoms with Gasteiger partial charge in [0.2, 0.25) is 11.6 Å². The van der Waals surface area contributed by atoms with Gasteiger partial charge in [-0.2, -0.15) is 5.10 Å². The molecular weight excluding hydrogens is 422 g/mol. The van der Waals surface area contributed by atoms with Crippen molar-refractivity contribution in [1.82, 2.24) is 28.9 Å². The van der Waals surface area contributed by atoms with Crippen molar-refractivity contribution in [3.05, 3.63) is 28.9 Å². The largest absolute Gasteiger partial charge is 0.378 e. The van der Waals surface area contributed by atoms with E-state index in [0.29, 0.717) is 11.6 Å². The minimum Gasteiger partial charge on any atom is -0.378 e. The van der Waals surface area contributed by atoms with Gasteiger partial charge in [0.1, 0.15) is 6.23 Å². The third-order valence-electron chi connectivity index (χ3n) is 6.57. The highest BCUT2D eigenvalue weighted by molar-refractivity contribution is 5.61. The van der Waals surface area contributed by atoms with Gasteiger partial charge < -0.3 is 14.4 Å². The summed E-state index contributed by atoms with van der Waals surface area (Å²) < 4.78 is 16.9. The molecule has 3 aromatic rings. The lowest BCUT2D eigenvalue weighted by Crippen LogP contribution is -2.34. The molecule has 33 heavy (non-hydrogen) atoms. The molecule has 2 saturated heterocycles. The number of aromatic nitrogens is 6. The van der Waals surface area contributed by atoms with Crippen LogP contribution in [-0.4, -0.2) is 61.9 Å². The SMILES string of the molecule is CC(C)n1c(N(C)CCC2CCCO2)nn2c(-c3cnn(C4CCCCO4)c3)cnc2c1=O. The summed E-state index contributed by atoms with van der Waals surface area (Å²) in [5, 5.41) is 9.41. The van der Waals surface area contributed by atoms with Gasteiger partial charge in [0.25, 0.3) is 5.56 Å². The van der Waals surface area contributed by atoms with Crippen molar-refractivity contribution in [2.45, 2.75) is 70.7 Å². The topological polar surface area (TPSA) is 91.7 Å². The van der Waals surface area contributed by atoms with Crippen molar-refractivity contribution in [1.29, 1.82) is 0 Å². The Morgan fingerprint density at radius 2 is 2.00 bits per heavy atom. The lowest BCUT2D eigenvalue weighted by Gasteiger charge is -2.25. The zero-order valence-electron chi connectivity index (χ0n) is 19.7. The monoisotopic (exact) mass is 455 g/mol. The van der Waals surface area contributed by atoms with Crippen LogP contribution in [0.4, 0.5) is 5.95 Å². The van der Waals surface area contributed by atoms with Crippen LogP contribution in [-0.2, 0) is 9.47 Å². The van der Waals surface area contributed by atoms with Gasteiger partial charge in [-0.15, -0.1) is 5.10 Å². The molecule has 10 nitrogen and oxygen atoms in total. The molecule has 0 spiro atoms. The minimum atomic E-state index is -0.145. The van der Waals surface area contributed by atoms with Gasteiger partial charge >= 0.3 is 0 Å². The van der Waals surface area contributed by atoms with Crippen molar-refractivity contribution in [3.63, 3.8) is 0 Å². The van der Waals surface area contributed by atoms with E-state index < -0.39 is 0 Å². The van der Waals surface area contributed by atoms with E-state index in [1.165, 1.54) is 0 Å². The fourth-order valence-electron chi connectivity index (χ4n) is 4.72. The molecule has 5 heterocycles. The Bertz CT molecular complexity index is 1150. The molecule has 2 unspecified atom stereocenters. The number of anilines is 1. The Labute approximate surface area is 193 Å². The molecule has 178 valence electrons. The van der Waals surface area contributed by atoms with Gasteiger partial charge in [-0.1, -0.05) is 0 Å². The van der Waals surface area contributed by atoms with Crippen LogP contribution in [0.3, 0.4) is 0 Å². The third-order valence-corrected chi connectivity index (χ3v) is 6.57. The van der Waals surface area contributed by atoms with Crippen molar-refractivity contribution < 1.29 is 9.47 Å². The van der Waals surface area contributed by atoms with E-state index in [-0.39, 0.29) is 23.9 Å². The first-order chi connectivity index (χ1) is 16.0. The Kier molecular flexibility index (Phi) is 6.20. The number of nitrogens with zero attached hydrogens (tertiary/aromatic N) is 7. The molecule has 5 rings (SSSR count). The highest BCUT2D eigenvalue weighted by Crippen LogP contribution is 2.26. The van der Waals surface area contributed by atoms with Crippen LogP contribution in [0.15, 0.2) is 23.4 Å². The maximum atomic E-state index is 13.4. The maximum absolute atomic E-state index is 13.4. The van der Waals surface area contributed by atoms with Crippen LogP contribution in [0.5, 0.6) is 0 Å². The summed E-state index contributed by atoms with van der Waals surface area (Å²) in [5.74, 6) is 0.628. The summed E-state index contributed by atoms with van der Waals surface area (Å²) in [6, 6.07) is -0.0402. The van der Waals surface area contributed by atoms with Gasteiger partial charge in [-0.05, 0) is 52.4 Å². The summed E-state index contributed by atoms with van der Waals surface area (Å²) >= 11 is 0. The first-order valence-electron chi connectivity index (χ1n) is 12.0. The predicted octanol–water partition coefficient (Wildman–Crippen LogP) is 3.04. The average Bonchev–Trinajstić information content (AvgIpc) is 3.58. The van der Waals surface area contributed by atoms with Crippen LogP contribution >= 0.6 is 0 Å². The zero-order chi connectivity index (χ0) is 22.9. The van der Waals surface area contributed by atoms with E-state index in [0.717, 1.165) is 69.5 Å². The average molecular weight is 456 g/mol. The van der Waals surface area contributed by atoms with Gasteiger partial charge in [0.05, 0.1) is 24.2 Å². The van der Waals surface area contributed by atoms with Crippen LogP contribution < -0.4 is 10.5 Å². The molecule has 2 aliphatic heterocycles. The normalized spacial score (nSPS) is 21.3. The van der Waals surface area contributed by atoms with E-state index in [1.807, 2.05) is 36.7 Å². The molecule has 0 aromatic carbocycles. The second kappa shape index (κ2) is 9.26. The summed E-state index contributed by atoms with van der Waals surface area (Å²) in [7, 11) is 1.98. The van der Waals surface area contributed by atoms with Crippen molar-refractivity contribution in [2.75, 3.05) is 31.7 Å². The predicted molar refractivity (Wildman–Crippen MR) is 125 cm³/mol. The van der Waals surface area contributed by atoms with E-state index in [9.17, 15) is 4.79 Å². The molecular formula is C23H33N7O3. The fraction of sp³-hybridized carbons (Fsp3) is 0.652. The van der Waals surface area contributed by atoms with Crippen molar-refractivity contribution in [3.8, 4) is 11.3 Å². The van der Waals surface area contributed by atoms with Crippen molar-refractivity contribution >= 4 is 11.6 Å². The van der Waals surface area contributed by atoms with Crippen molar-refractivity contribution in [2.24, 2.45) is 0 Å². The van der Waals surface area contributed by atoms with Gasteiger partial charge in [-0.3, -0.25) is 9.36 Å². The van der Waals surface area contributed by atoms with E-state index in [1.54, 1.807) is 21.5 Å². The highest BCUT2D eigenvalue weighted by atomic mass is 16.5. The maximum Gasteiger partial charge on any atom is 0.298 e. The molecule has 0 bridgehead atoms. The molecule has 2 fully saturated rings. The number of hydrogen-bond acceptors (Lipinski definition) is 7. The Hall–Kier alpha value is -2.72. The third kappa shape index (κ3) is 4.29. The molecule has 3 aromatic heterocycles. The fourth-order valence-corrected chi connectivity index (χ4v) is 4.72. The Balaban J connectivity index is 1.50. The number of fused-ring (bicyclic) bond motifs is 1. The zero-order valence-corrected chi connectivity index (χ0v) is 19.7. The second-order valence-electron chi connectivity index (χ2n) is 9.32. The van der Waals surface area contributed by atoms with E-state index in [2.05, 4.69) is 10.1 Å². The van der Waals surface area contributed by atoms with Gasteiger partial charge in [-0.25, -0.2) is 14.2 Å². The van der Waals surface area contributed by atoms with E-state index >= 15 is 0 Å². The first-order valence-corrected chi connectivity index (χ1v) is 12.0. The Morgan fingerprint density at radius 1 is 1.15 bits per heavy atom. The molecule has 2 aliphatic rings. The summed E-state index contributed by atoms with van der Waals surface area (Å²) in [5.41, 5.74) is 1.78. The standard InChI is InChI=1S/C23H33N7O3/c1-16(2)29-22(31)21-24-14-19(17-13-25-28(15-17)20-8-4-5-11-33-20)30(21)26-23(29)27(3)10-9-18-7-6-12-32-18/h13-16,18,20H,4-12H2,1-3H3. The summed E-state index contributed by atoms with van der Waals surface area (Å²) in [4.78, 5) is 19.9. The quantitative estimate of drug-likeness (QED) is 0.541. The number of rotatable bonds is 7. The Morgan fingerprint density at radius 3 is 2.73 bits per heavy atom. The summed E-state index contributed by atoms with van der Waals surface area (Å²) in [6.07, 6.45) is 12.0. The number of hydrogen-bond donors (Lipinski definition) is 0. The van der Waals surface area contributed by atoms with Gasteiger partial charge in [0, 0.05) is 44.6 Å². The molecule has 2 atom stereocenters. The minimum absolute atomic E-state index is 0.0402. The molecule has 10 heteroatoms. The van der Waals surface area contributed by atoms with Crippen LogP contribution in [0, 0.1) is 0 Å². The van der Waals surface area contributed by atoms with E-state index in [4.69, 9.17) is 14.6 Å². The highest BCUT2D eigenvalue weighted by Gasteiger charge is 2.23. The second-order valence-corrected chi connectivity index (χ2v) is 9.32. The van der Waals surface area contributed by atoms with Gasteiger partial charge in [0.15, 0.2) is 0 Å². The molecule has 0 amide bonds. The smallest absolute Gasteiger partial charge is 0.298 e. The first kappa shape index (κ1) is 22.1.